The number of amides is 3. The molecule has 0 bridgehead atoms. The summed E-state index contributed by atoms with van der Waals surface area (Å²) in [5.41, 5.74) is 1.74. The van der Waals surface area contributed by atoms with E-state index in [0.29, 0.717) is 48.5 Å². The van der Waals surface area contributed by atoms with E-state index < -0.39 is 11.5 Å². The summed E-state index contributed by atoms with van der Waals surface area (Å²) in [4.78, 5) is 45.8. The minimum Gasteiger partial charge on any atom is -0.361 e. The van der Waals surface area contributed by atoms with Gasteiger partial charge >= 0.3 is 0 Å². The van der Waals surface area contributed by atoms with Crippen molar-refractivity contribution in [1.29, 1.82) is 0 Å². The van der Waals surface area contributed by atoms with Crippen LogP contribution in [0.4, 0.5) is 0 Å². The predicted octanol–water partition coefficient (Wildman–Crippen LogP) is 3.00. The number of fused-ring (bicyclic) bond motifs is 1. The molecule has 1 aromatic heterocycles. The van der Waals surface area contributed by atoms with Gasteiger partial charge in [0.2, 0.25) is 5.91 Å². The number of aryl methyl sites for hydroxylation is 2. The molecule has 8 heteroatoms. The highest BCUT2D eigenvalue weighted by Crippen LogP contribution is 2.48. The van der Waals surface area contributed by atoms with Crippen LogP contribution in [-0.2, 0) is 4.79 Å². The lowest BCUT2D eigenvalue weighted by atomic mass is 9.66. The topological polar surface area (TPSA) is 87.0 Å². The molecular weight excluding hydrogens is 420 g/mol. The van der Waals surface area contributed by atoms with Crippen molar-refractivity contribution in [2.75, 3.05) is 27.2 Å². The fraction of sp³-hybridized carbons (Fsp3) is 0.520. The molecule has 8 nitrogen and oxygen atoms in total. The highest BCUT2D eigenvalue weighted by molar-refractivity contribution is 6.02. The average Bonchev–Trinajstić information content (AvgIpc) is 3.11. The number of aromatic nitrogens is 1. The fourth-order valence-corrected chi connectivity index (χ4v) is 5.65. The van der Waals surface area contributed by atoms with E-state index in [-0.39, 0.29) is 23.8 Å². The second-order valence-corrected chi connectivity index (χ2v) is 9.62. The highest BCUT2D eigenvalue weighted by atomic mass is 16.5. The molecule has 2 aromatic rings. The van der Waals surface area contributed by atoms with E-state index in [1.807, 2.05) is 43.0 Å². The summed E-state index contributed by atoms with van der Waals surface area (Å²) in [7, 11) is 3.51. The van der Waals surface area contributed by atoms with E-state index >= 15 is 0 Å². The minimum atomic E-state index is -0.698. The number of rotatable bonds is 3. The van der Waals surface area contributed by atoms with Gasteiger partial charge < -0.3 is 19.2 Å². The summed E-state index contributed by atoms with van der Waals surface area (Å²) in [6, 6.07) is 7.35. The Morgan fingerprint density at radius 3 is 2.33 bits per heavy atom. The third-order valence-electron chi connectivity index (χ3n) is 7.11. The first-order valence-electron chi connectivity index (χ1n) is 11.5. The Kier molecular flexibility index (Phi) is 5.80. The van der Waals surface area contributed by atoms with E-state index in [4.69, 9.17) is 4.52 Å². The van der Waals surface area contributed by atoms with Gasteiger partial charge in [-0.25, -0.2) is 0 Å². The Bertz CT molecular complexity index is 1080. The largest absolute Gasteiger partial charge is 0.361 e. The van der Waals surface area contributed by atoms with Gasteiger partial charge in [0.15, 0.2) is 0 Å². The number of carbonyl (C=O) groups excluding carboxylic acids is 3. The number of hydrogen-bond donors (Lipinski definition) is 0. The van der Waals surface area contributed by atoms with Crippen molar-refractivity contribution in [3.05, 3.63) is 52.4 Å². The molecule has 0 saturated carbocycles. The molecule has 2 aliphatic heterocycles. The van der Waals surface area contributed by atoms with Gasteiger partial charge in [-0.2, -0.15) is 0 Å². The van der Waals surface area contributed by atoms with Crippen LogP contribution in [0, 0.1) is 13.8 Å². The van der Waals surface area contributed by atoms with Crippen molar-refractivity contribution in [2.24, 2.45) is 0 Å². The van der Waals surface area contributed by atoms with Crippen LogP contribution >= 0.6 is 0 Å². The van der Waals surface area contributed by atoms with Crippen molar-refractivity contribution >= 4 is 17.7 Å². The molecule has 3 heterocycles. The number of hydrogen-bond acceptors (Lipinski definition) is 5. The number of carbonyl (C=O) groups is 3. The molecule has 1 fully saturated rings. The maximum Gasteiger partial charge on any atom is 0.259 e. The normalized spacial score (nSPS) is 19.7. The molecule has 0 aliphatic carbocycles. The molecule has 3 amide bonds. The number of piperidine rings is 1. The Morgan fingerprint density at radius 1 is 1.15 bits per heavy atom. The van der Waals surface area contributed by atoms with E-state index in [0.717, 1.165) is 5.56 Å². The van der Waals surface area contributed by atoms with Crippen LogP contribution in [0.2, 0.25) is 0 Å². The van der Waals surface area contributed by atoms with Crippen LogP contribution < -0.4 is 0 Å². The molecule has 2 aliphatic rings. The zero-order valence-corrected chi connectivity index (χ0v) is 20.2. The molecule has 176 valence electrons. The van der Waals surface area contributed by atoms with Gasteiger partial charge in [-0.05, 0) is 52.2 Å². The first kappa shape index (κ1) is 23.0. The van der Waals surface area contributed by atoms with Crippen LogP contribution in [0.25, 0.3) is 0 Å². The second-order valence-electron chi connectivity index (χ2n) is 9.62. The van der Waals surface area contributed by atoms with E-state index in [1.165, 1.54) is 0 Å². The lowest BCUT2D eigenvalue weighted by Crippen LogP contribution is -2.67. The number of benzene rings is 1. The fourth-order valence-electron chi connectivity index (χ4n) is 5.65. The van der Waals surface area contributed by atoms with E-state index in [9.17, 15) is 14.4 Å². The summed E-state index contributed by atoms with van der Waals surface area (Å²) >= 11 is 0. The van der Waals surface area contributed by atoms with Gasteiger partial charge in [0.1, 0.15) is 11.3 Å². The van der Waals surface area contributed by atoms with Crippen molar-refractivity contribution in [2.45, 2.75) is 58.0 Å². The molecule has 4 rings (SSSR count). The van der Waals surface area contributed by atoms with Crippen molar-refractivity contribution < 1.29 is 18.9 Å². The average molecular weight is 453 g/mol. The molecule has 33 heavy (non-hydrogen) atoms. The summed E-state index contributed by atoms with van der Waals surface area (Å²) in [6.45, 7) is 8.37. The highest BCUT2D eigenvalue weighted by Gasteiger charge is 2.56. The molecule has 1 saturated heterocycles. The van der Waals surface area contributed by atoms with Gasteiger partial charge in [0.25, 0.3) is 11.8 Å². The van der Waals surface area contributed by atoms with Gasteiger partial charge in [0.05, 0.1) is 17.2 Å². The molecular formula is C25H32N4O4. The van der Waals surface area contributed by atoms with Crippen LogP contribution in [0.1, 0.15) is 70.3 Å². The smallest absolute Gasteiger partial charge is 0.259 e. The zero-order valence-electron chi connectivity index (χ0n) is 20.2. The standard InChI is InChI=1S/C25H32N4O4/c1-15(2)29-22(30)19-10-8-7-9-18(19)21(24(32)27(5)6)25(29)11-13-28(14-12-25)23(31)20-16(3)26-33-17(20)4/h7-10,15,21H,11-14H2,1-6H3. The summed E-state index contributed by atoms with van der Waals surface area (Å²) in [5.74, 6) is -0.167. The van der Waals surface area contributed by atoms with Crippen LogP contribution in [0.5, 0.6) is 0 Å². The molecule has 1 atom stereocenters. The first-order valence-corrected chi connectivity index (χ1v) is 11.5. The second kappa shape index (κ2) is 8.32. The van der Waals surface area contributed by atoms with E-state index in [2.05, 4.69) is 5.16 Å². The monoisotopic (exact) mass is 452 g/mol. The van der Waals surface area contributed by atoms with Crippen molar-refractivity contribution in [3.8, 4) is 0 Å². The predicted molar refractivity (Wildman–Crippen MR) is 123 cm³/mol. The third kappa shape index (κ3) is 3.52. The van der Waals surface area contributed by atoms with Gasteiger partial charge in [0, 0.05) is 38.8 Å². The Balaban J connectivity index is 1.76. The zero-order chi connectivity index (χ0) is 24.1. The van der Waals surface area contributed by atoms with Crippen LogP contribution in [0.3, 0.4) is 0 Å². The summed E-state index contributed by atoms with van der Waals surface area (Å²) in [5, 5.41) is 3.91. The van der Waals surface area contributed by atoms with Crippen LogP contribution in [-0.4, -0.2) is 76.3 Å². The maximum atomic E-state index is 13.7. The Labute approximate surface area is 194 Å². The number of likely N-dealkylation sites (N-methyl/N-ethyl adjacent to an activating group) is 1. The van der Waals surface area contributed by atoms with Crippen molar-refractivity contribution in [3.63, 3.8) is 0 Å². The Morgan fingerprint density at radius 2 is 1.79 bits per heavy atom. The minimum absolute atomic E-state index is 0.0221. The molecule has 1 aromatic carbocycles. The lowest BCUT2D eigenvalue weighted by molar-refractivity contribution is -0.136. The van der Waals surface area contributed by atoms with Gasteiger partial charge in [-0.15, -0.1) is 0 Å². The Hall–Kier alpha value is -3.16. The maximum absolute atomic E-state index is 13.7. The van der Waals surface area contributed by atoms with Crippen LogP contribution in [0.15, 0.2) is 28.8 Å². The number of nitrogens with zero attached hydrogens (tertiary/aromatic N) is 4. The molecule has 0 N–H and O–H groups in total. The SMILES string of the molecule is Cc1noc(C)c1C(=O)N1CCC2(CC1)C(C(=O)N(C)C)c1ccccc1C(=O)N2C(C)C. The van der Waals surface area contributed by atoms with Crippen molar-refractivity contribution in [1.82, 2.24) is 19.9 Å². The molecule has 0 radical (unpaired) electrons. The third-order valence-corrected chi connectivity index (χ3v) is 7.11. The number of likely N-dealkylation sites (tertiary alicyclic amines) is 1. The lowest BCUT2D eigenvalue weighted by Gasteiger charge is -2.56. The van der Waals surface area contributed by atoms with Gasteiger partial charge in [-0.1, -0.05) is 23.4 Å². The molecule has 1 spiro atoms. The summed E-state index contributed by atoms with van der Waals surface area (Å²) < 4.78 is 5.19. The molecule has 1 unspecified atom stereocenters. The summed E-state index contributed by atoms with van der Waals surface area (Å²) in [6.07, 6.45) is 1.04. The van der Waals surface area contributed by atoms with E-state index in [1.54, 1.807) is 37.7 Å². The van der Waals surface area contributed by atoms with Gasteiger partial charge in [-0.3, -0.25) is 14.4 Å². The first-order chi connectivity index (χ1) is 15.6. The quantitative estimate of drug-likeness (QED) is 0.715.